The van der Waals surface area contributed by atoms with E-state index in [2.05, 4.69) is 88.2 Å². The van der Waals surface area contributed by atoms with Crippen LogP contribution in [0.3, 0.4) is 0 Å². The topological polar surface area (TPSA) is 57.5 Å². The van der Waals surface area contributed by atoms with E-state index in [4.69, 9.17) is 4.99 Å². The van der Waals surface area contributed by atoms with Crippen LogP contribution in [0.2, 0.25) is 0 Å². The molecule has 2 N–H and O–H groups in total. The van der Waals surface area contributed by atoms with Gasteiger partial charge in [-0.2, -0.15) is 5.10 Å². The second-order valence-corrected chi connectivity index (χ2v) is 7.56. The van der Waals surface area contributed by atoms with Crippen LogP contribution in [0.4, 0.5) is 5.69 Å². The minimum absolute atomic E-state index is 0. The lowest BCUT2D eigenvalue weighted by Gasteiger charge is -2.17. The zero-order chi connectivity index (χ0) is 21.3. The molecule has 168 valence electrons. The van der Waals surface area contributed by atoms with E-state index in [1.165, 1.54) is 22.4 Å². The van der Waals surface area contributed by atoms with Gasteiger partial charge in [0, 0.05) is 44.3 Å². The number of nitrogens with one attached hydrogen (secondary N) is 2. The number of hydrogen-bond donors (Lipinski definition) is 2. The minimum atomic E-state index is 0. The van der Waals surface area contributed by atoms with Gasteiger partial charge in [0.1, 0.15) is 0 Å². The lowest BCUT2D eigenvalue weighted by molar-refractivity contribution is 0.677. The molecule has 0 radical (unpaired) electrons. The van der Waals surface area contributed by atoms with Crippen molar-refractivity contribution in [2.75, 3.05) is 24.5 Å². The summed E-state index contributed by atoms with van der Waals surface area (Å²) in [5.41, 5.74) is 4.96. The average molecular weight is 542 g/mol. The Labute approximate surface area is 207 Å². The molecule has 7 heteroatoms. The molecule has 0 atom stereocenters. The molecule has 1 aromatic heterocycles. The SMILES string of the molecule is CCNC(=NCc1ccc(N2CC=CC2)cc1)NCc1ccccc1Cn1cccn1.I. The standard InChI is InChI=1S/C25H30N6.HI/c1-2-26-25(27-18-21-10-12-24(13-11-21)30-15-5-6-16-30)28-19-22-8-3-4-9-23(22)20-31-17-7-14-29-31;/h3-14,17H,2,15-16,18-20H2,1H3,(H2,26,27,28);1H. The third-order valence-corrected chi connectivity index (χ3v) is 5.34. The monoisotopic (exact) mass is 542 g/mol. The maximum absolute atomic E-state index is 4.78. The van der Waals surface area contributed by atoms with Crippen molar-refractivity contribution in [3.63, 3.8) is 0 Å². The molecule has 2 aromatic carbocycles. The van der Waals surface area contributed by atoms with Crippen molar-refractivity contribution in [1.82, 2.24) is 20.4 Å². The van der Waals surface area contributed by atoms with Gasteiger partial charge in [0.05, 0.1) is 13.1 Å². The van der Waals surface area contributed by atoms with Crippen LogP contribution < -0.4 is 15.5 Å². The van der Waals surface area contributed by atoms with Crippen LogP contribution in [0, 0.1) is 0 Å². The Balaban J connectivity index is 0.00000289. The average Bonchev–Trinajstić information content (AvgIpc) is 3.51. The van der Waals surface area contributed by atoms with Crippen LogP contribution in [-0.2, 0) is 19.6 Å². The van der Waals surface area contributed by atoms with Crippen molar-refractivity contribution in [2.45, 2.75) is 26.6 Å². The van der Waals surface area contributed by atoms with Gasteiger partial charge in [-0.25, -0.2) is 4.99 Å². The molecule has 0 amide bonds. The lowest BCUT2D eigenvalue weighted by atomic mass is 10.1. The number of nitrogens with zero attached hydrogens (tertiary/aromatic N) is 4. The van der Waals surface area contributed by atoms with Gasteiger partial charge < -0.3 is 15.5 Å². The van der Waals surface area contributed by atoms with Crippen molar-refractivity contribution in [1.29, 1.82) is 0 Å². The number of aromatic nitrogens is 2. The molecule has 0 fully saturated rings. The number of hydrogen-bond acceptors (Lipinski definition) is 3. The van der Waals surface area contributed by atoms with Crippen molar-refractivity contribution in [3.8, 4) is 0 Å². The maximum atomic E-state index is 4.78. The number of anilines is 1. The molecule has 1 aliphatic heterocycles. The van der Waals surface area contributed by atoms with E-state index in [1.807, 2.05) is 23.1 Å². The summed E-state index contributed by atoms with van der Waals surface area (Å²) < 4.78 is 1.94. The third-order valence-electron chi connectivity index (χ3n) is 5.34. The van der Waals surface area contributed by atoms with E-state index in [0.717, 1.165) is 32.1 Å². The summed E-state index contributed by atoms with van der Waals surface area (Å²) in [6.07, 6.45) is 8.21. The first-order valence-electron chi connectivity index (χ1n) is 10.9. The fourth-order valence-corrected chi connectivity index (χ4v) is 3.64. The predicted octanol–water partition coefficient (Wildman–Crippen LogP) is 4.18. The Morgan fingerprint density at radius 2 is 1.72 bits per heavy atom. The molecule has 3 aromatic rings. The molecule has 32 heavy (non-hydrogen) atoms. The first kappa shape index (κ1) is 23.8. The number of guanidine groups is 1. The molecule has 0 spiro atoms. The molecular weight excluding hydrogens is 511 g/mol. The highest BCUT2D eigenvalue weighted by Crippen LogP contribution is 2.18. The van der Waals surface area contributed by atoms with Gasteiger partial charge in [0.25, 0.3) is 0 Å². The Hall–Kier alpha value is -2.81. The van der Waals surface area contributed by atoms with E-state index in [9.17, 15) is 0 Å². The fourth-order valence-electron chi connectivity index (χ4n) is 3.64. The summed E-state index contributed by atoms with van der Waals surface area (Å²) in [7, 11) is 0. The summed E-state index contributed by atoms with van der Waals surface area (Å²) in [5, 5.41) is 11.2. The van der Waals surface area contributed by atoms with E-state index < -0.39 is 0 Å². The number of halogens is 1. The summed E-state index contributed by atoms with van der Waals surface area (Å²) in [6, 6.07) is 19.1. The summed E-state index contributed by atoms with van der Waals surface area (Å²) in [5.74, 6) is 0.823. The molecular formula is C25H31IN6. The van der Waals surface area contributed by atoms with Gasteiger partial charge in [-0.1, -0.05) is 48.6 Å². The number of rotatable bonds is 8. The summed E-state index contributed by atoms with van der Waals surface area (Å²) in [4.78, 5) is 7.13. The molecule has 0 saturated heterocycles. The van der Waals surface area contributed by atoms with Gasteiger partial charge in [0.15, 0.2) is 5.96 Å². The molecule has 4 rings (SSSR count). The molecule has 0 bridgehead atoms. The molecule has 2 heterocycles. The number of aliphatic imine (C=N–C) groups is 1. The zero-order valence-corrected chi connectivity index (χ0v) is 20.8. The van der Waals surface area contributed by atoms with Crippen molar-refractivity contribution < 1.29 is 0 Å². The van der Waals surface area contributed by atoms with Crippen LogP contribution in [-0.4, -0.2) is 35.4 Å². The van der Waals surface area contributed by atoms with Gasteiger partial charge in [-0.3, -0.25) is 4.68 Å². The van der Waals surface area contributed by atoms with Crippen LogP contribution in [0.25, 0.3) is 0 Å². The van der Waals surface area contributed by atoms with Gasteiger partial charge in [-0.05, 0) is 41.8 Å². The van der Waals surface area contributed by atoms with Crippen molar-refractivity contribution in [2.24, 2.45) is 4.99 Å². The maximum Gasteiger partial charge on any atom is 0.191 e. The van der Waals surface area contributed by atoms with Gasteiger partial charge in [0.2, 0.25) is 0 Å². The minimum Gasteiger partial charge on any atom is -0.364 e. The quantitative estimate of drug-likeness (QED) is 0.194. The molecule has 0 aliphatic carbocycles. The van der Waals surface area contributed by atoms with Crippen LogP contribution >= 0.6 is 24.0 Å². The fraction of sp³-hybridized carbons (Fsp3) is 0.280. The third kappa shape index (κ3) is 6.59. The Bertz CT molecular complexity index is 1000. The number of benzene rings is 2. The second-order valence-electron chi connectivity index (χ2n) is 7.56. The van der Waals surface area contributed by atoms with E-state index >= 15 is 0 Å². The van der Waals surface area contributed by atoms with E-state index in [-0.39, 0.29) is 24.0 Å². The van der Waals surface area contributed by atoms with Crippen molar-refractivity contribution >= 4 is 35.6 Å². The highest BCUT2D eigenvalue weighted by atomic mass is 127. The van der Waals surface area contributed by atoms with Gasteiger partial charge in [-0.15, -0.1) is 24.0 Å². The van der Waals surface area contributed by atoms with Crippen LogP contribution in [0.1, 0.15) is 23.6 Å². The Morgan fingerprint density at radius 3 is 2.41 bits per heavy atom. The normalized spacial score (nSPS) is 13.2. The molecule has 0 saturated carbocycles. The highest BCUT2D eigenvalue weighted by molar-refractivity contribution is 14.0. The van der Waals surface area contributed by atoms with Crippen molar-refractivity contribution in [3.05, 3.63) is 95.8 Å². The smallest absolute Gasteiger partial charge is 0.191 e. The summed E-state index contributed by atoms with van der Waals surface area (Å²) >= 11 is 0. The predicted molar refractivity (Wildman–Crippen MR) is 143 cm³/mol. The van der Waals surface area contributed by atoms with Crippen LogP contribution in [0.5, 0.6) is 0 Å². The largest absolute Gasteiger partial charge is 0.364 e. The Kier molecular flexibility index (Phi) is 9.15. The van der Waals surface area contributed by atoms with Crippen LogP contribution in [0.15, 0.2) is 84.1 Å². The molecule has 6 nitrogen and oxygen atoms in total. The van der Waals surface area contributed by atoms with Gasteiger partial charge >= 0.3 is 0 Å². The highest BCUT2D eigenvalue weighted by Gasteiger charge is 2.07. The lowest BCUT2D eigenvalue weighted by Crippen LogP contribution is -2.37. The molecule has 0 unspecified atom stereocenters. The Morgan fingerprint density at radius 1 is 0.969 bits per heavy atom. The zero-order valence-electron chi connectivity index (χ0n) is 18.4. The van der Waals surface area contributed by atoms with E-state index in [1.54, 1.807) is 0 Å². The molecule has 1 aliphatic rings. The first-order chi connectivity index (χ1) is 15.3. The first-order valence-corrected chi connectivity index (χ1v) is 10.9. The summed E-state index contributed by atoms with van der Waals surface area (Å²) in [6.45, 7) is 7.01. The van der Waals surface area contributed by atoms with E-state index in [0.29, 0.717) is 13.1 Å². The second kappa shape index (κ2) is 12.3.